The van der Waals surface area contributed by atoms with E-state index in [0.29, 0.717) is 37.8 Å². The van der Waals surface area contributed by atoms with Gasteiger partial charge < -0.3 is 10.4 Å². The fourth-order valence-corrected chi connectivity index (χ4v) is 4.52. The van der Waals surface area contributed by atoms with E-state index in [-0.39, 0.29) is 17.7 Å². The lowest BCUT2D eigenvalue weighted by Gasteiger charge is -2.32. The van der Waals surface area contributed by atoms with Crippen LogP contribution in [0, 0.1) is 23.5 Å². The topological polar surface area (TPSA) is 66.4 Å². The minimum Gasteiger partial charge on any atom is -0.481 e. The predicted molar refractivity (Wildman–Crippen MR) is 92.6 cm³/mol. The molecule has 4 nitrogen and oxygen atoms in total. The minimum atomic E-state index is -0.791. The Morgan fingerprint density at radius 3 is 2.27 bits per heavy atom. The lowest BCUT2D eigenvalue weighted by molar-refractivity contribution is -0.144. The van der Waals surface area contributed by atoms with E-state index >= 15 is 0 Å². The highest BCUT2D eigenvalue weighted by atomic mass is 19.1. The van der Waals surface area contributed by atoms with Crippen molar-refractivity contribution in [2.24, 2.45) is 11.8 Å². The van der Waals surface area contributed by atoms with E-state index in [1.54, 1.807) is 0 Å². The predicted octanol–water partition coefficient (Wildman–Crippen LogP) is 3.78. The Balaban J connectivity index is 1.64. The fourth-order valence-electron chi connectivity index (χ4n) is 4.52. The Kier molecular flexibility index (Phi) is 5.58. The van der Waals surface area contributed by atoms with Gasteiger partial charge in [-0.2, -0.15) is 0 Å². The van der Waals surface area contributed by atoms with Crippen molar-refractivity contribution in [3.8, 4) is 0 Å². The van der Waals surface area contributed by atoms with Crippen molar-refractivity contribution >= 4 is 11.9 Å². The van der Waals surface area contributed by atoms with Crippen molar-refractivity contribution in [3.63, 3.8) is 0 Å². The van der Waals surface area contributed by atoms with Gasteiger partial charge in [-0.25, -0.2) is 8.78 Å². The summed E-state index contributed by atoms with van der Waals surface area (Å²) in [7, 11) is 0. The Morgan fingerprint density at radius 2 is 1.69 bits per heavy atom. The monoisotopic (exact) mass is 365 g/mol. The van der Waals surface area contributed by atoms with Gasteiger partial charge in [-0.15, -0.1) is 0 Å². The van der Waals surface area contributed by atoms with Gasteiger partial charge in [0.05, 0.1) is 5.92 Å². The molecule has 0 spiro atoms. The SMILES string of the molecule is O=C(O)C1CCC(C(=O)NCC2(c3ccc(F)cc3F)CCCC2)CC1. The van der Waals surface area contributed by atoms with Gasteiger partial charge in [-0.3, -0.25) is 9.59 Å². The second kappa shape index (κ2) is 7.72. The number of carboxylic acid groups (broad SMARTS) is 1. The molecule has 1 aromatic carbocycles. The summed E-state index contributed by atoms with van der Waals surface area (Å²) in [5, 5.41) is 12.0. The number of aliphatic carboxylic acids is 1. The van der Waals surface area contributed by atoms with Crippen LogP contribution in [0.4, 0.5) is 8.78 Å². The fraction of sp³-hybridized carbons (Fsp3) is 0.600. The van der Waals surface area contributed by atoms with Crippen molar-refractivity contribution in [3.05, 3.63) is 35.4 Å². The molecule has 2 aliphatic carbocycles. The van der Waals surface area contributed by atoms with Gasteiger partial charge in [0.2, 0.25) is 5.91 Å². The minimum absolute atomic E-state index is 0.0809. The molecule has 0 aromatic heterocycles. The van der Waals surface area contributed by atoms with Crippen LogP contribution in [0.25, 0.3) is 0 Å². The lowest BCUT2D eigenvalue weighted by Crippen LogP contribution is -2.42. The van der Waals surface area contributed by atoms with E-state index in [2.05, 4.69) is 5.32 Å². The molecule has 26 heavy (non-hydrogen) atoms. The van der Waals surface area contributed by atoms with Crippen LogP contribution in [0.1, 0.15) is 56.9 Å². The third-order valence-electron chi connectivity index (χ3n) is 6.11. The van der Waals surface area contributed by atoms with Gasteiger partial charge in [0.25, 0.3) is 0 Å². The van der Waals surface area contributed by atoms with Crippen molar-refractivity contribution in [1.82, 2.24) is 5.32 Å². The van der Waals surface area contributed by atoms with Crippen LogP contribution in [0.2, 0.25) is 0 Å². The summed E-state index contributed by atoms with van der Waals surface area (Å²) in [5.41, 5.74) is -0.00240. The first-order chi connectivity index (χ1) is 12.4. The highest BCUT2D eigenvalue weighted by Crippen LogP contribution is 2.42. The summed E-state index contributed by atoms with van der Waals surface area (Å²) in [6, 6.07) is 3.68. The van der Waals surface area contributed by atoms with Gasteiger partial charge in [-0.1, -0.05) is 18.9 Å². The number of rotatable bonds is 5. The van der Waals surface area contributed by atoms with Gasteiger partial charge in [0.1, 0.15) is 11.6 Å². The first kappa shape index (κ1) is 18.8. The molecular weight excluding hydrogens is 340 g/mol. The molecule has 1 aromatic rings. The largest absolute Gasteiger partial charge is 0.481 e. The zero-order valence-corrected chi connectivity index (χ0v) is 14.8. The molecule has 0 bridgehead atoms. The van der Waals surface area contributed by atoms with Crippen molar-refractivity contribution in [2.45, 2.75) is 56.8 Å². The zero-order chi connectivity index (χ0) is 18.7. The Morgan fingerprint density at radius 1 is 1.08 bits per heavy atom. The second-order valence-corrected chi connectivity index (χ2v) is 7.72. The highest BCUT2D eigenvalue weighted by Gasteiger charge is 2.39. The summed E-state index contributed by atoms with van der Waals surface area (Å²) >= 11 is 0. The van der Waals surface area contributed by atoms with Crippen LogP contribution in [-0.2, 0) is 15.0 Å². The first-order valence-electron chi connectivity index (χ1n) is 9.37. The van der Waals surface area contributed by atoms with E-state index in [4.69, 9.17) is 5.11 Å². The molecule has 0 radical (unpaired) electrons. The number of carbonyl (C=O) groups is 2. The van der Waals surface area contributed by atoms with Crippen LogP contribution in [0.5, 0.6) is 0 Å². The van der Waals surface area contributed by atoms with Crippen LogP contribution in [-0.4, -0.2) is 23.5 Å². The number of halogens is 2. The molecule has 0 heterocycles. The quantitative estimate of drug-likeness (QED) is 0.834. The second-order valence-electron chi connectivity index (χ2n) is 7.72. The summed E-state index contributed by atoms with van der Waals surface area (Å²) in [6.45, 7) is 0.341. The Bertz CT molecular complexity index is 678. The summed E-state index contributed by atoms with van der Waals surface area (Å²) in [4.78, 5) is 23.6. The van der Waals surface area contributed by atoms with Crippen LogP contribution in [0.3, 0.4) is 0 Å². The Labute approximate surface area is 152 Å². The normalized spacial score (nSPS) is 25.0. The molecule has 2 fully saturated rings. The molecule has 0 atom stereocenters. The van der Waals surface area contributed by atoms with Gasteiger partial charge in [-0.05, 0) is 50.2 Å². The van der Waals surface area contributed by atoms with Crippen LogP contribution in [0.15, 0.2) is 18.2 Å². The van der Waals surface area contributed by atoms with Crippen molar-refractivity contribution in [1.29, 1.82) is 0 Å². The van der Waals surface area contributed by atoms with Gasteiger partial charge >= 0.3 is 5.97 Å². The molecule has 1 amide bonds. The maximum atomic E-state index is 14.3. The molecule has 0 unspecified atom stereocenters. The molecule has 142 valence electrons. The van der Waals surface area contributed by atoms with E-state index in [1.165, 1.54) is 12.1 Å². The first-order valence-corrected chi connectivity index (χ1v) is 9.37. The average molecular weight is 365 g/mol. The van der Waals surface area contributed by atoms with Crippen molar-refractivity contribution in [2.75, 3.05) is 6.54 Å². The molecule has 3 rings (SSSR count). The summed E-state index contributed by atoms with van der Waals surface area (Å²) < 4.78 is 27.6. The number of amides is 1. The van der Waals surface area contributed by atoms with E-state index in [0.717, 1.165) is 31.7 Å². The maximum Gasteiger partial charge on any atom is 0.306 e. The number of carboxylic acids is 1. The van der Waals surface area contributed by atoms with Crippen LogP contribution < -0.4 is 5.32 Å². The molecule has 0 aliphatic heterocycles. The highest BCUT2D eigenvalue weighted by molar-refractivity contribution is 5.79. The maximum absolute atomic E-state index is 14.3. The zero-order valence-electron chi connectivity index (χ0n) is 14.8. The molecule has 2 N–H and O–H groups in total. The average Bonchev–Trinajstić information content (AvgIpc) is 3.09. The van der Waals surface area contributed by atoms with Crippen LogP contribution >= 0.6 is 0 Å². The molecule has 6 heteroatoms. The molecular formula is C20H25F2NO3. The number of benzene rings is 1. The molecule has 0 saturated heterocycles. The molecule has 2 saturated carbocycles. The van der Waals surface area contributed by atoms with Gasteiger partial charge in [0, 0.05) is 23.9 Å². The van der Waals surface area contributed by atoms with E-state index in [9.17, 15) is 18.4 Å². The third-order valence-corrected chi connectivity index (χ3v) is 6.11. The number of hydrogen-bond donors (Lipinski definition) is 2. The van der Waals surface area contributed by atoms with Crippen molar-refractivity contribution < 1.29 is 23.5 Å². The van der Waals surface area contributed by atoms with E-state index < -0.39 is 23.0 Å². The third kappa shape index (κ3) is 3.89. The number of hydrogen-bond acceptors (Lipinski definition) is 2. The number of nitrogens with one attached hydrogen (secondary N) is 1. The summed E-state index contributed by atoms with van der Waals surface area (Å²) in [6.07, 6.45) is 5.62. The summed E-state index contributed by atoms with van der Waals surface area (Å²) in [5.74, 6) is -2.56. The number of carbonyl (C=O) groups excluding carboxylic acids is 1. The molecule has 2 aliphatic rings. The Hall–Kier alpha value is -1.98. The standard InChI is InChI=1S/C20H25F2NO3/c21-15-7-8-16(17(22)11-15)20(9-1-2-10-20)12-23-18(24)13-3-5-14(6-4-13)19(25)26/h7-8,11,13-14H,1-6,9-10,12H2,(H,23,24)(H,25,26). The smallest absolute Gasteiger partial charge is 0.306 e. The van der Waals surface area contributed by atoms with Gasteiger partial charge in [0.15, 0.2) is 0 Å². The lowest BCUT2D eigenvalue weighted by atomic mass is 9.77. The van der Waals surface area contributed by atoms with E-state index in [1.807, 2.05) is 0 Å².